The second-order valence-electron chi connectivity index (χ2n) is 9.71. The molecule has 8 heteroatoms. The van der Waals surface area contributed by atoms with Crippen LogP contribution in [0.5, 0.6) is 5.75 Å². The number of urea groups is 1. The van der Waals surface area contributed by atoms with Crippen LogP contribution in [0.3, 0.4) is 0 Å². The first kappa shape index (κ1) is 24.3. The van der Waals surface area contributed by atoms with E-state index in [1.807, 2.05) is 71.8 Å². The normalized spacial score (nSPS) is 15.5. The number of nitrogens with one attached hydrogen (secondary N) is 1. The Kier molecular flexibility index (Phi) is 6.25. The van der Waals surface area contributed by atoms with Gasteiger partial charge in [-0.3, -0.25) is 9.69 Å². The lowest BCUT2D eigenvalue weighted by Crippen LogP contribution is -2.48. The molecule has 194 valence electrons. The van der Waals surface area contributed by atoms with Crippen molar-refractivity contribution in [2.45, 2.75) is 24.9 Å². The SMILES string of the molecule is COc1ccc(C2c3cccn3-c3ccccc3N2C(=O)CN(C(=O)Nc2ccc(C#N)cc2)C2CC2)cc1. The first-order chi connectivity index (χ1) is 19.1. The Morgan fingerprint density at radius 2 is 1.69 bits per heavy atom. The molecule has 3 aromatic carbocycles. The van der Waals surface area contributed by atoms with Gasteiger partial charge in [0.05, 0.1) is 35.8 Å². The van der Waals surface area contributed by atoms with Crippen molar-refractivity contribution in [2.24, 2.45) is 0 Å². The number of rotatable bonds is 6. The fraction of sp³-hybridized carbons (Fsp3) is 0.194. The molecule has 1 aliphatic carbocycles. The first-order valence-electron chi connectivity index (χ1n) is 12.9. The lowest BCUT2D eigenvalue weighted by molar-refractivity contribution is -0.119. The summed E-state index contributed by atoms with van der Waals surface area (Å²) in [5.41, 5.74) is 4.70. The fourth-order valence-electron chi connectivity index (χ4n) is 5.16. The maximum atomic E-state index is 14.2. The van der Waals surface area contributed by atoms with Gasteiger partial charge in [0.2, 0.25) is 5.91 Å². The summed E-state index contributed by atoms with van der Waals surface area (Å²) in [5.74, 6) is 0.570. The number of ether oxygens (including phenoxy) is 1. The number of aromatic nitrogens is 1. The molecular formula is C31H27N5O3. The molecule has 1 unspecified atom stereocenters. The Balaban J connectivity index is 1.34. The van der Waals surface area contributed by atoms with E-state index < -0.39 is 0 Å². The molecule has 1 fully saturated rings. The van der Waals surface area contributed by atoms with Crippen molar-refractivity contribution in [3.05, 3.63) is 108 Å². The highest BCUT2D eigenvalue weighted by atomic mass is 16.5. The highest BCUT2D eigenvalue weighted by Gasteiger charge is 2.40. The molecule has 1 saturated carbocycles. The number of amides is 3. The number of carbonyl (C=O) groups is 2. The standard InChI is InChI=1S/C31H27N5O3/c1-39-25-16-10-22(11-17-25)30-28-7-4-18-34(28)26-5-2-3-6-27(26)36(30)29(37)20-35(24-14-15-24)31(38)33-23-12-8-21(19-32)9-13-23/h2-13,16-18,24,30H,14-15,20H2,1H3,(H,33,38). The van der Waals surface area contributed by atoms with Crippen LogP contribution < -0.4 is 15.0 Å². The lowest BCUT2D eigenvalue weighted by Gasteiger charge is -2.39. The van der Waals surface area contributed by atoms with Crippen molar-refractivity contribution in [3.63, 3.8) is 0 Å². The van der Waals surface area contributed by atoms with E-state index in [9.17, 15) is 9.59 Å². The third-order valence-corrected chi connectivity index (χ3v) is 7.24. The molecule has 1 aromatic heterocycles. The van der Waals surface area contributed by atoms with E-state index >= 15 is 0 Å². The van der Waals surface area contributed by atoms with Crippen LogP contribution in [0.25, 0.3) is 5.69 Å². The summed E-state index contributed by atoms with van der Waals surface area (Å²) in [7, 11) is 1.63. The van der Waals surface area contributed by atoms with Gasteiger partial charge in [-0.15, -0.1) is 0 Å². The third-order valence-electron chi connectivity index (χ3n) is 7.24. The molecule has 2 heterocycles. The Hall–Kier alpha value is -5.03. The molecule has 0 bridgehead atoms. The molecule has 0 saturated heterocycles. The Morgan fingerprint density at radius 1 is 0.974 bits per heavy atom. The molecule has 1 N–H and O–H groups in total. The first-order valence-corrected chi connectivity index (χ1v) is 12.9. The van der Waals surface area contributed by atoms with E-state index in [0.29, 0.717) is 11.3 Å². The molecule has 0 spiro atoms. The van der Waals surface area contributed by atoms with Gasteiger partial charge in [-0.2, -0.15) is 5.26 Å². The van der Waals surface area contributed by atoms with Gasteiger partial charge in [0.25, 0.3) is 0 Å². The molecule has 6 rings (SSSR count). The fourth-order valence-corrected chi connectivity index (χ4v) is 5.16. The summed E-state index contributed by atoms with van der Waals surface area (Å²) in [6, 6.07) is 27.7. The van der Waals surface area contributed by atoms with E-state index in [1.54, 1.807) is 36.3 Å². The van der Waals surface area contributed by atoms with Crippen LogP contribution in [-0.2, 0) is 4.79 Å². The summed E-state index contributed by atoms with van der Waals surface area (Å²) < 4.78 is 7.48. The summed E-state index contributed by atoms with van der Waals surface area (Å²) in [6.07, 6.45) is 3.72. The van der Waals surface area contributed by atoms with Crippen LogP contribution in [0.1, 0.15) is 35.7 Å². The predicted octanol–water partition coefficient (Wildman–Crippen LogP) is 5.49. The van der Waals surface area contributed by atoms with E-state index in [4.69, 9.17) is 10.00 Å². The highest BCUT2D eigenvalue weighted by Crippen LogP contribution is 2.43. The van der Waals surface area contributed by atoms with Crippen molar-refractivity contribution >= 4 is 23.3 Å². The number of benzene rings is 3. The molecule has 0 radical (unpaired) electrons. The Bertz CT molecular complexity index is 1570. The van der Waals surface area contributed by atoms with Gasteiger partial charge in [-0.25, -0.2) is 4.79 Å². The minimum absolute atomic E-state index is 0.00987. The number of nitrogens with zero attached hydrogens (tertiary/aromatic N) is 4. The number of para-hydroxylation sites is 2. The van der Waals surface area contributed by atoms with Gasteiger partial charge in [0.1, 0.15) is 18.3 Å². The van der Waals surface area contributed by atoms with Crippen molar-refractivity contribution in [3.8, 4) is 17.5 Å². The quantitative estimate of drug-likeness (QED) is 0.366. The van der Waals surface area contributed by atoms with Gasteiger partial charge in [0.15, 0.2) is 0 Å². The van der Waals surface area contributed by atoms with E-state index in [-0.39, 0.29) is 30.6 Å². The second-order valence-corrected chi connectivity index (χ2v) is 9.71. The van der Waals surface area contributed by atoms with Crippen LogP contribution >= 0.6 is 0 Å². The van der Waals surface area contributed by atoms with Crippen LogP contribution in [-0.4, -0.2) is 41.1 Å². The number of fused-ring (bicyclic) bond motifs is 3. The highest BCUT2D eigenvalue weighted by molar-refractivity contribution is 6.01. The average Bonchev–Trinajstić information content (AvgIpc) is 3.70. The van der Waals surface area contributed by atoms with Crippen LogP contribution in [0, 0.1) is 11.3 Å². The van der Waals surface area contributed by atoms with Gasteiger partial charge < -0.3 is 19.5 Å². The maximum Gasteiger partial charge on any atom is 0.322 e. The zero-order valence-corrected chi connectivity index (χ0v) is 21.4. The van der Waals surface area contributed by atoms with Gasteiger partial charge >= 0.3 is 6.03 Å². The molecular weight excluding hydrogens is 490 g/mol. The largest absolute Gasteiger partial charge is 0.497 e. The van der Waals surface area contributed by atoms with E-state index in [1.165, 1.54) is 0 Å². The topological polar surface area (TPSA) is 90.6 Å². The maximum absolute atomic E-state index is 14.2. The zero-order valence-electron chi connectivity index (χ0n) is 21.4. The number of nitriles is 1. The molecule has 4 aromatic rings. The van der Waals surface area contributed by atoms with Crippen molar-refractivity contribution in [1.29, 1.82) is 5.26 Å². The smallest absolute Gasteiger partial charge is 0.322 e. The van der Waals surface area contributed by atoms with Gasteiger partial charge in [-0.1, -0.05) is 24.3 Å². The van der Waals surface area contributed by atoms with E-state index in [2.05, 4.69) is 16.0 Å². The Labute approximate surface area is 226 Å². The van der Waals surface area contributed by atoms with Gasteiger partial charge in [0, 0.05) is 17.9 Å². The molecule has 39 heavy (non-hydrogen) atoms. The predicted molar refractivity (Wildman–Crippen MR) is 148 cm³/mol. The summed E-state index contributed by atoms with van der Waals surface area (Å²) >= 11 is 0. The minimum atomic E-state index is -0.379. The van der Waals surface area contributed by atoms with Crippen molar-refractivity contribution in [2.75, 3.05) is 23.9 Å². The molecule has 3 amide bonds. The van der Waals surface area contributed by atoms with Gasteiger partial charge in [-0.05, 0) is 79.1 Å². The van der Waals surface area contributed by atoms with Crippen LogP contribution in [0.15, 0.2) is 91.1 Å². The number of hydrogen-bond acceptors (Lipinski definition) is 4. The van der Waals surface area contributed by atoms with Crippen LogP contribution in [0.4, 0.5) is 16.2 Å². The van der Waals surface area contributed by atoms with Crippen molar-refractivity contribution < 1.29 is 14.3 Å². The molecule has 2 aliphatic rings. The third kappa shape index (κ3) is 4.59. The molecule has 1 aliphatic heterocycles. The summed E-state index contributed by atoms with van der Waals surface area (Å²) in [5, 5.41) is 12.0. The number of anilines is 2. The summed E-state index contributed by atoms with van der Waals surface area (Å²) in [6.45, 7) is -0.0610. The Morgan fingerprint density at radius 3 is 2.36 bits per heavy atom. The van der Waals surface area contributed by atoms with Crippen molar-refractivity contribution in [1.82, 2.24) is 9.47 Å². The lowest BCUT2D eigenvalue weighted by atomic mass is 9.97. The number of methoxy groups -OCH3 is 1. The minimum Gasteiger partial charge on any atom is -0.497 e. The van der Waals surface area contributed by atoms with E-state index in [0.717, 1.165) is 41.2 Å². The number of hydrogen-bond donors (Lipinski definition) is 1. The number of carbonyl (C=O) groups excluding carboxylic acids is 2. The monoisotopic (exact) mass is 517 g/mol. The second kappa shape index (κ2) is 10.0. The average molecular weight is 518 g/mol. The van der Waals surface area contributed by atoms with Crippen LogP contribution in [0.2, 0.25) is 0 Å². The summed E-state index contributed by atoms with van der Waals surface area (Å²) in [4.78, 5) is 31.0. The molecule has 8 nitrogen and oxygen atoms in total. The zero-order chi connectivity index (χ0) is 26.9. The molecule has 1 atom stereocenters.